The molecule has 0 saturated heterocycles. The average molecular weight is 312 g/mol. The van der Waals surface area contributed by atoms with Gasteiger partial charge in [0.2, 0.25) is 0 Å². The van der Waals surface area contributed by atoms with Crippen LogP contribution in [0.2, 0.25) is 0 Å². The zero-order chi connectivity index (χ0) is 13.3. The molecule has 0 bridgehead atoms. The van der Waals surface area contributed by atoms with Crippen LogP contribution < -0.4 is 10.5 Å². The van der Waals surface area contributed by atoms with Gasteiger partial charge in [0, 0.05) is 16.1 Å². The van der Waals surface area contributed by atoms with Crippen molar-refractivity contribution in [1.29, 1.82) is 0 Å². The van der Waals surface area contributed by atoms with Gasteiger partial charge in [-0.25, -0.2) is 0 Å². The number of hydrogen-bond acceptors (Lipinski definition) is 2. The molecule has 1 aromatic rings. The van der Waals surface area contributed by atoms with Crippen molar-refractivity contribution in [3.05, 3.63) is 27.2 Å². The molecule has 1 aromatic carbocycles. The van der Waals surface area contributed by atoms with Crippen molar-refractivity contribution in [2.45, 2.75) is 45.6 Å². The van der Waals surface area contributed by atoms with Gasteiger partial charge in [-0.2, -0.15) is 0 Å². The maximum atomic E-state index is 6.51. The summed E-state index contributed by atoms with van der Waals surface area (Å²) in [5.41, 5.74) is 10.1. The first-order valence-electron chi connectivity index (χ1n) is 6.65. The Morgan fingerprint density at radius 3 is 2.50 bits per heavy atom. The van der Waals surface area contributed by atoms with Gasteiger partial charge in [-0.15, -0.1) is 0 Å². The lowest BCUT2D eigenvalue weighted by Crippen LogP contribution is -2.21. The van der Waals surface area contributed by atoms with Gasteiger partial charge in [0.15, 0.2) is 0 Å². The molecule has 100 valence electrons. The number of ether oxygens (including phenoxy) is 1. The van der Waals surface area contributed by atoms with Gasteiger partial charge in [-0.3, -0.25) is 0 Å². The van der Waals surface area contributed by atoms with Crippen molar-refractivity contribution in [3.63, 3.8) is 0 Å². The molecule has 0 aliphatic heterocycles. The highest BCUT2D eigenvalue weighted by Gasteiger charge is 2.28. The van der Waals surface area contributed by atoms with Crippen LogP contribution in [-0.2, 0) is 0 Å². The van der Waals surface area contributed by atoms with Gasteiger partial charge >= 0.3 is 0 Å². The monoisotopic (exact) mass is 311 g/mol. The molecule has 0 heterocycles. The van der Waals surface area contributed by atoms with Gasteiger partial charge in [0.1, 0.15) is 5.75 Å². The molecule has 1 aliphatic rings. The second-order valence-electron chi connectivity index (χ2n) is 5.32. The summed E-state index contributed by atoms with van der Waals surface area (Å²) in [5.74, 6) is 1.57. The largest absolute Gasteiger partial charge is 0.496 e. The van der Waals surface area contributed by atoms with Crippen molar-refractivity contribution in [2.75, 3.05) is 7.11 Å². The molecule has 18 heavy (non-hydrogen) atoms. The van der Waals surface area contributed by atoms with Crippen LogP contribution in [0.15, 0.2) is 10.5 Å². The molecule has 1 atom stereocenters. The number of nitrogens with two attached hydrogens (primary N) is 1. The molecule has 2 N–H and O–H groups in total. The summed E-state index contributed by atoms with van der Waals surface area (Å²) in [6.07, 6.45) is 5.12. The lowest BCUT2D eigenvalue weighted by molar-refractivity contribution is 0.381. The van der Waals surface area contributed by atoms with E-state index >= 15 is 0 Å². The number of methoxy groups -OCH3 is 1. The van der Waals surface area contributed by atoms with E-state index in [1.165, 1.54) is 36.8 Å². The summed E-state index contributed by atoms with van der Waals surface area (Å²) >= 11 is 3.63. The van der Waals surface area contributed by atoms with E-state index in [4.69, 9.17) is 10.5 Å². The Morgan fingerprint density at radius 2 is 1.94 bits per heavy atom. The van der Waals surface area contributed by atoms with Crippen molar-refractivity contribution in [1.82, 2.24) is 0 Å². The summed E-state index contributed by atoms with van der Waals surface area (Å²) < 4.78 is 6.72. The lowest BCUT2D eigenvalue weighted by Gasteiger charge is -2.25. The Morgan fingerprint density at radius 1 is 1.33 bits per heavy atom. The first-order valence-corrected chi connectivity index (χ1v) is 7.44. The van der Waals surface area contributed by atoms with Crippen LogP contribution in [0.3, 0.4) is 0 Å². The third-order valence-corrected chi connectivity index (χ3v) is 4.98. The molecule has 0 radical (unpaired) electrons. The quantitative estimate of drug-likeness (QED) is 0.905. The SMILES string of the molecule is COc1c(C)cc(Br)c(C)c1C(N)C1CCCC1. The Bertz CT molecular complexity index is 439. The Balaban J connectivity index is 2.46. The van der Waals surface area contributed by atoms with Crippen LogP contribution in [-0.4, -0.2) is 7.11 Å². The molecule has 0 aromatic heterocycles. The molecule has 2 nitrogen and oxygen atoms in total. The van der Waals surface area contributed by atoms with Crippen molar-refractivity contribution in [3.8, 4) is 5.75 Å². The van der Waals surface area contributed by atoms with E-state index in [-0.39, 0.29) is 6.04 Å². The van der Waals surface area contributed by atoms with Crippen LogP contribution in [0, 0.1) is 19.8 Å². The molecular weight excluding hydrogens is 290 g/mol. The second-order valence-corrected chi connectivity index (χ2v) is 6.17. The lowest BCUT2D eigenvalue weighted by atomic mass is 9.88. The van der Waals surface area contributed by atoms with Crippen LogP contribution in [0.5, 0.6) is 5.75 Å². The minimum absolute atomic E-state index is 0.0960. The fourth-order valence-electron chi connectivity index (χ4n) is 3.10. The number of hydrogen-bond donors (Lipinski definition) is 1. The van der Waals surface area contributed by atoms with Crippen molar-refractivity contribution >= 4 is 15.9 Å². The topological polar surface area (TPSA) is 35.2 Å². The van der Waals surface area contributed by atoms with Gasteiger partial charge in [-0.05, 0) is 49.8 Å². The summed E-state index contributed by atoms with van der Waals surface area (Å²) in [7, 11) is 1.74. The number of rotatable bonds is 3. The molecule has 1 saturated carbocycles. The Labute approximate surface area is 118 Å². The zero-order valence-corrected chi connectivity index (χ0v) is 13.0. The van der Waals surface area contributed by atoms with Gasteiger partial charge in [0.05, 0.1) is 7.11 Å². The summed E-state index contributed by atoms with van der Waals surface area (Å²) in [6.45, 7) is 4.20. The predicted molar refractivity (Wildman–Crippen MR) is 79.1 cm³/mol. The van der Waals surface area contributed by atoms with Gasteiger partial charge < -0.3 is 10.5 Å². The molecular formula is C15H22BrNO. The second kappa shape index (κ2) is 5.62. The molecule has 1 aliphatic carbocycles. The molecule has 1 unspecified atom stereocenters. The maximum absolute atomic E-state index is 6.51. The first-order chi connectivity index (χ1) is 8.56. The third-order valence-electron chi connectivity index (χ3n) is 4.15. The highest BCUT2D eigenvalue weighted by molar-refractivity contribution is 9.10. The van der Waals surface area contributed by atoms with Crippen LogP contribution >= 0.6 is 15.9 Å². The summed E-state index contributed by atoms with van der Waals surface area (Å²) in [6, 6.07) is 2.21. The molecule has 2 rings (SSSR count). The Kier molecular flexibility index (Phi) is 4.33. The summed E-state index contributed by atoms with van der Waals surface area (Å²) in [5, 5.41) is 0. The molecule has 0 spiro atoms. The number of benzene rings is 1. The van der Waals surface area contributed by atoms with Crippen molar-refractivity contribution in [2.24, 2.45) is 11.7 Å². The predicted octanol–water partition coefficient (Wildman–Crippen LogP) is 4.26. The van der Waals surface area contributed by atoms with E-state index in [0.717, 1.165) is 15.8 Å². The minimum Gasteiger partial charge on any atom is -0.496 e. The number of aryl methyl sites for hydroxylation is 1. The van der Waals surface area contributed by atoms with Crippen LogP contribution in [0.1, 0.15) is 48.4 Å². The maximum Gasteiger partial charge on any atom is 0.126 e. The van der Waals surface area contributed by atoms with Crippen LogP contribution in [0.4, 0.5) is 0 Å². The molecule has 3 heteroatoms. The fraction of sp³-hybridized carbons (Fsp3) is 0.600. The van der Waals surface area contributed by atoms with E-state index in [1.54, 1.807) is 7.11 Å². The third kappa shape index (κ3) is 2.43. The van der Waals surface area contributed by atoms with E-state index < -0.39 is 0 Å². The highest BCUT2D eigenvalue weighted by atomic mass is 79.9. The highest BCUT2D eigenvalue weighted by Crippen LogP contribution is 2.42. The van der Waals surface area contributed by atoms with Crippen molar-refractivity contribution < 1.29 is 4.74 Å². The van der Waals surface area contributed by atoms with Gasteiger partial charge in [-0.1, -0.05) is 28.8 Å². The smallest absolute Gasteiger partial charge is 0.126 e. The summed E-state index contributed by atoms with van der Waals surface area (Å²) in [4.78, 5) is 0. The normalized spacial score (nSPS) is 18.1. The Hall–Kier alpha value is -0.540. The van der Waals surface area contributed by atoms with E-state index in [9.17, 15) is 0 Å². The zero-order valence-electron chi connectivity index (χ0n) is 11.4. The standard InChI is InChI=1S/C15H22BrNO/c1-9-8-12(16)10(2)13(15(9)18-3)14(17)11-6-4-5-7-11/h8,11,14H,4-7,17H2,1-3H3. The molecule has 0 amide bonds. The fourth-order valence-corrected chi connectivity index (χ4v) is 3.66. The van der Waals surface area contributed by atoms with E-state index in [0.29, 0.717) is 5.92 Å². The van der Waals surface area contributed by atoms with E-state index in [1.807, 2.05) is 0 Å². The van der Waals surface area contributed by atoms with Gasteiger partial charge in [0.25, 0.3) is 0 Å². The minimum atomic E-state index is 0.0960. The average Bonchev–Trinajstić information content (AvgIpc) is 2.86. The van der Waals surface area contributed by atoms with E-state index in [2.05, 4.69) is 35.8 Å². The van der Waals surface area contributed by atoms with Crippen LogP contribution in [0.25, 0.3) is 0 Å². The molecule has 1 fully saturated rings. The number of halogens is 1. The first kappa shape index (κ1) is 13.9.